The van der Waals surface area contributed by atoms with E-state index >= 15 is 0 Å². The number of para-hydroxylation sites is 1. The average molecular weight is 478 g/mol. The van der Waals surface area contributed by atoms with Crippen molar-refractivity contribution in [1.29, 1.82) is 0 Å². The summed E-state index contributed by atoms with van der Waals surface area (Å²) in [6, 6.07) is 9.82. The Kier molecular flexibility index (Phi) is 6.50. The van der Waals surface area contributed by atoms with Gasteiger partial charge in [-0.1, -0.05) is 12.1 Å². The number of benzene rings is 2. The smallest absolute Gasteiger partial charge is 0.248 e. The summed E-state index contributed by atoms with van der Waals surface area (Å²) in [4.78, 5) is 29.6. The van der Waals surface area contributed by atoms with Crippen LogP contribution in [-0.2, 0) is 9.59 Å². The molecule has 0 aliphatic carbocycles. The minimum atomic E-state index is -0.542. The van der Waals surface area contributed by atoms with E-state index < -0.39 is 17.5 Å². The predicted octanol–water partition coefficient (Wildman–Crippen LogP) is 5.52. The third kappa shape index (κ3) is 5.12. The SMILES string of the molecule is CC(=O)N(c1nc(/C=C/C(=O)Nc2ccc(F)cc2Br)cs1)c1ccccc1F. The molecule has 3 aromatic rings. The molecule has 0 saturated carbocycles. The van der Waals surface area contributed by atoms with Crippen molar-refractivity contribution >= 4 is 61.7 Å². The molecular formula is C20H14BrF2N3O2S. The molecule has 0 unspecified atom stereocenters. The molecule has 1 N–H and O–H groups in total. The van der Waals surface area contributed by atoms with Gasteiger partial charge in [-0.05, 0) is 52.3 Å². The van der Waals surface area contributed by atoms with Crippen LogP contribution >= 0.6 is 27.3 Å². The highest BCUT2D eigenvalue weighted by atomic mass is 79.9. The number of amides is 2. The largest absolute Gasteiger partial charge is 0.321 e. The highest BCUT2D eigenvalue weighted by molar-refractivity contribution is 9.10. The van der Waals surface area contributed by atoms with E-state index in [-0.39, 0.29) is 16.7 Å². The van der Waals surface area contributed by atoms with Crippen molar-refractivity contribution in [3.8, 4) is 0 Å². The maximum absolute atomic E-state index is 14.1. The molecule has 148 valence electrons. The fourth-order valence-corrected chi connectivity index (χ4v) is 3.72. The standard InChI is InChI=1S/C20H14BrF2N3O2S/c1-12(27)26(18-5-3-2-4-16(18)23)20-24-14(11-29-20)7-9-19(28)25-17-8-6-13(22)10-15(17)21/h2-11H,1H3,(H,25,28)/b9-7+. The third-order valence-corrected chi connectivity index (χ3v) is 5.20. The van der Waals surface area contributed by atoms with E-state index in [2.05, 4.69) is 26.2 Å². The van der Waals surface area contributed by atoms with Crippen LogP contribution in [0, 0.1) is 11.6 Å². The molecule has 29 heavy (non-hydrogen) atoms. The summed E-state index contributed by atoms with van der Waals surface area (Å²) in [6.07, 6.45) is 2.72. The Labute approximate surface area is 177 Å². The van der Waals surface area contributed by atoms with Gasteiger partial charge in [0, 0.05) is 22.9 Å². The van der Waals surface area contributed by atoms with Gasteiger partial charge in [0.25, 0.3) is 0 Å². The second kappa shape index (κ2) is 9.06. The summed E-state index contributed by atoms with van der Waals surface area (Å²) in [6.45, 7) is 1.32. The van der Waals surface area contributed by atoms with E-state index in [4.69, 9.17) is 0 Å². The maximum Gasteiger partial charge on any atom is 0.248 e. The van der Waals surface area contributed by atoms with Crippen LogP contribution in [0.5, 0.6) is 0 Å². The van der Waals surface area contributed by atoms with Crippen molar-refractivity contribution in [2.45, 2.75) is 6.92 Å². The molecule has 0 radical (unpaired) electrons. The highest BCUT2D eigenvalue weighted by Gasteiger charge is 2.20. The summed E-state index contributed by atoms with van der Waals surface area (Å²) in [5.41, 5.74) is 0.951. The van der Waals surface area contributed by atoms with Crippen molar-refractivity contribution in [3.63, 3.8) is 0 Å². The quantitative estimate of drug-likeness (QED) is 0.492. The van der Waals surface area contributed by atoms with Gasteiger partial charge in [-0.25, -0.2) is 13.8 Å². The topological polar surface area (TPSA) is 62.3 Å². The van der Waals surface area contributed by atoms with E-state index in [1.54, 1.807) is 11.4 Å². The molecule has 1 aromatic heterocycles. The van der Waals surface area contributed by atoms with Crippen molar-refractivity contribution in [2.24, 2.45) is 0 Å². The van der Waals surface area contributed by atoms with Gasteiger partial charge < -0.3 is 5.32 Å². The first-order valence-electron chi connectivity index (χ1n) is 8.30. The Morgan fingerprint density at radius 3 is 2.66 bits per heavy atom. The van der Waals surface area contributed by atoms with E-state index in [9.17, 15) is 18.4 Å². The molecule has 0 aliphatic rings. The second-order valence-electron chi connectivity index (χ2n) is 5.81. The van der Waals surface area contributed by atoms with Crippen LogP contribution < -0.4 is 10.2 Å². The number of rotatable bonds is 5. The number of hydrogen-bond donors (Lipinski definition) is 1. The van der Waals surface area contributed by atoms with Crippen LogP contribution in [0.15, 0.2) is 58.4 Å². The summed E-state index contributed by atoms with van der Waals surface area (Å²) in [5, 5.41) is 4.53. The second-order valence-corrected chi connectivity index (χ2v) is 7.50. The lowest BCUT2D eigenvalue weighted by Gasteiger charge is -2.18. The molecule has 0 fully saturated rings. The number of aromatic nitrogens is 1. The third-order valence-electron chi connectivity index (χ3n) is 3.70. The minimum absolute atomic E-state index is 0.101. The Balaban J connectivity index is 1.76. The fraction of sp³-hybridized carbons (Fsp3) is 0.0500. The lowest BCUT2D eigenvalue weighted by Crippen LogP contribution is -2.23. The Morgan fingerprint density at radius 1 is 1.21 bits per heavy atom. The van der Waals surface area contributed by atoms with Gasteiger partial charge in [-0.2, -0.15) is 0 Å². The normalized spacial score (nSPS) is 10.9. The first kappa shape index (κ1) is 20.8. The molecule has 0 saturated heterocycles. The zero-order valence-corrected chi connectivity index (χ0v) is 17.4. The molecular weight excluding hydrogens is 464 g/mol. The maximum atomic E-state index is 14.1. The van der Waals surface area contributed by atoms with Crippen molar-refractivity contribution in [2.75, 3.05) is 10.2 Å². The summed E-state index contributed by atoms with van der Waals surface area (Å²) in [7, 11) is 0. The Bertz CT molecular complexity index is 1100. The van der Waals surface area contributed by atoms with Gasteiger partial charge in [-0.3, -0.25) is 14.5 Å². The lowest BCUT2D eigenvalue weighted by molar-refractivity contribution is -0.116. The van der Waals surface area contributed by atoms with Crippen molar-refractivity contribution in [3.05, 3.63) is 75.7 Å². The molecule has 0 bridgehead atoms. The Hall–Kier alpha value is -2.91. The molecule has 1 heterocycles. The fourth-order valence-electron chi connectivity index (χ4n) is 2.42. The zero-order valence-electron chi connectivity index (χ0n) is 15.0. The summed E-state index contributed by atoms with van der Waals surface area (Å²) < 4.78 is 27.6. The van der Waals surface area contributed by atoms with E-state index in [1.807, 2.05) is 0 Å². The number of thiazole rings is 1. The van der Waals surface area contributed by atoms with Crippen LogP contribution in [0.3, 0.4) is 0 Å². The van der Waals surface area contributed by atoms with E-state index in [1.165, 1.54) is 60.4 Å². The first-order valence-corrected chi connectivity index (χ1v) is 9.97. The van der Waals surface area contributed by atoms with Gasteiger partial charge in [0.15, 0.2) is 5.13 Å². The predicted molar refractivity (Wildman–Crippen MR) is 113 cm³/mol. The van der Waals surface area contributed by atoms with Gasteiger partial charge in [0.2, 0.25) is 11.8 Å². The van der Waals surface area contributed by atoms with E-state index in [0.29, 0.717) is 15.9 Å². The summed E-state index contributed by atoms with van der Waals surface area (Å²) in [5.74, 6) is -1.80. The number of anilines is 3. The average Bonchev–Trinajstić information content (AvgIpc) is 3.12. The zero-order chi connectivity index (χ0) is 21.0. The minimum Gasteiger partial charge on any atom is -0.321 e. The number of halogens is 3. The van der Waals surface area contributed by atoms with Crippen LogP contribution in [0.2, 0.25) is 0 Å². The molecule has 0 spiro atoms. The number of carbonyl (C=O) groups excluding carboxylic acids is 2. The molecule has 5 nitrogen and oxygen atoms in total. The van der Waals surface area contributed by atoms with Crippen molar-refractivity contribution < 1.29 is 18.4 Å². The van der Waals surface area contributed by atoms with E-state index in [0.717, 1.165) is 11.3 Å². The number of hydrogen-bond acceptors (Lipinski definition) is 4. The number of nitrogens with zero attached hydrogens (tertiary/aromatic N) is 2. The highest BCUT2D eigenvalue weighted by Crippen LogP contribution is 2.31. The summed E-state index contributed by atoms with van der Waals surface area (Å²) >= 11 is 4.32. The van der Waals surface area contributed by atoms with Crippen LogP contribution in [0.1, 0.15) is 12.6 Å². The lowest BCUT2D eigenvalue weighted by atomic mass is 10.3. The molecule has 3 rings (SSSR count). The molecule has 2 aromatic carbocycles. The molecule has 0 atom stereocenters. The number of nitrogens with one attached hydrogen (secondary N) is 1. The van der Waals surface area contributed by atoms with Gasteiger partial charge >= 0.3 is 0 Å². The van der Waals surface area contributed by atoms with Gasteiger partial charge in [-0.15, -0.1) is 11.3 Å². The molecule has 9 heteroatoms. The number of carbonyl (C=O) groups is 2. The molecule has 0 aliphatic heterocycles. The van der Waals surface area contributed by atoms with Crippen LogP contribution in [0.25, 0.3) is 6.08 Å². The van der Waals surface area contributed by atoms with Gasteiger partial charge in [0.1, 0.15) is 11.6 Å². The van der Waals surface area contributed by atoms with Gasteiger partial charge in [0.05, 0.1) is 17.1 Å². The van der Waals surface area contributed by atoms with Crippen molar-refractivity contribution in [1.82, 2.24) is 4.98 Å². The molecule has 2 amide bonds. The first-order chi connectivity index (χ1) is 13.8. The van der Waals surface area contributed by atoms with Crippen LogP contribution in [0.4, 0.5) is 25.3 Å². The van der Waals surface area contributed by atoms with Crippen LogP contribution in [-0.4, -0.2) is 16.8 Å². The Morgan fingerprint density at radius 2 is 1.97 bits per heavy atom. The monoisotopic (exact) mass is 477 g/mol.